The first kappa shape index (κ1) is 19.6. The molecular formula is C26H25NO5. The summed E-state index contributed by atoms with van der Waals surface area (Å²) in [5, 5.41) is 20.2. The summed E-state index contributed by atoms with van der Waals surface area (Å²) in [7, 11) is 0. The number of rotatable bonds is 4. The molecule has 2 aliphatic heterocycles. The van der Waals surface area contributed by atoms with Crippen LogP contribution in [-0.2, 0) is 16.0 Å². The van der Waals surface area contributed by atoms with Gasteiger partial charge in [0.1, 0.15) is 17.6 Å². The molecule has 5 unspecified atom stereocenters. The number of β-lactam (4-membered cyclic amide) rings is 1. The second-order valence-electron chi connectivity index (χ2n) is 9.34. The van der Waals surface area contributed by atoms with Crippen molar-refractivity contribution in [2.75, 3.05) is 0 Å². The summed E-state index contributed by atoms with van der Waals surface area (Å²) in [6.07, 6.45) is 2.07. The number of hydrogen-bond donors (Lipinski definition) is 2. The van der Waals surface area contributed by atoms with Crippen LogP contribution >= 0.6 is 0 Å². The minimum atomic E-state index is -1.09. The lowest BCUT2D eigenvalue weighted by Crippen LogP contribution is -2.64. The molecule has 32 heavy (non-hydrogen) atoms. The summed E-state index contributed by atoms with van der Waals surface area (Å²) >= 11 is 0. The van der Waals surface area contributed by atoms with Gasteiger partial charge in [0.2, 0.25) is 5.91 Å². The van der Waals surface area contributed by atoms with Gasteiger partial charge in [0, 0.05) is 17.1 Å². The van der Waals surface area contributed by atoms with Crippen LogP contribution in [0.2, 0.25) is 0 Å². The highest BCUT2D eigenvalue weighted by Gasteiger charge is 2.62. The number of amides is 1. The summed E-state index contributed by atoms with van der Waals surface area (Å²) in [4.78, 5) is 26.4. The molecule has 1 saturated carbocycles. The Morgan fingerprint density at radius 1 is 1.12 bits per heavy atom. The second-order valence-corrected chi connectivity index (χ2v) is 9.34. The zero-order valence-electron chi connectivity index (χ0n) is 17.8. The topological polar surface area (TPSA) is 87.1 Å². The Morgan fingerprint density at radius 2 is 1.91 bits per heavy atom. The maximum absolute atomic E-state index is 12.7. The van der Waals surface area contributed by atoms with Crippen molar-refractivity contribution in [3.8, 4) is 16.9 Å². The SMILES string of the molecule is CC(O)C1C(=O)N2C(C(=O)O)=C3C(Oc4cccc5c4-c4ccccc4C5)CCCC3C12. The van der Waals surface area contributed by atoms with Crippen molar-refractivity contribution < 1.29 is 24.5 Å². The lowest BCUT2D eigenvalue weighted by atomic mass is 9.71. The van der Waals surface area contributed by atoms with Gasteiger partial charge in [0.25, 0.3) is 0 Å². The van der Waals surface area contributed by atoms with Gasteiger partial charge in [-0.05, 0) is 55.4 Å². The molecule has 6 heteroatoms. The van der Waals surface area contributed by atoms with Crippen molar-refractivity contribution in [3.05, 3.63) is 64.9 Å². The van der Waals surface area contributed by atoms with Gasteiger partial charge in [-0.1, -0.05) is 36.4 Å². The average Bonchev–Trinajstić information content (AvgIpc) is 3.28. The van der Waals surface area contributed by atoms with Crippen LogP contribution in [0, 0.1) is 11.8 Å². The van der Waals surface area contributed by atoms with E-state index in [-0.39, 0.29) is 23.6 Å². The van der Waals surface area contributed by atoms with Gasteiger partial charge < -0.3 is 19.8 Å². The van der Waals surface area contributed by atoms with Crippen LogP contribution < -0.4 is 4.74 Å². The van der Waals surface area contributed by atoms with Crippen molar-refractivity contribution in [3.63, 3.8) is 0 Å². The van der Waals surface area contributed by atoms with E-state index in [1.165, 1.54) is 16.0 Å². The van der Waals surface area contributed by atoms with Crippen LogP contribution in [0.1, 0.15) is 37.3 Å². The van der Waals surface area contributed by atoms with Gasteiger partial charge in [0.15, 0.2) is 0 Å². The lowest BCUT2D eigenvalue weighted by Gasteiger charge is -2.47. The summed E-state index contributed by atoms with van der Waals surface area (Å²) in [6, 6.07) is 14.1. The first-order valence-corrected chi connectivity index (χ1v) is 11.3. The Morgan fingerprint density at radius 3 is 2.69 bits per heavy atom. The first-order chi connectivity index (χ1) is 15.5. The fourth-order valence-electron chi connectivity index (χ4n) is 6.36. The van der Waals surface area contributed by atoms with E-state index in [1.54, 1.807) is 6.92 Å². The Bertz CT molecular complexity index is 1180. The maximum atomic E-state index is 12.7. The molecule has 164 valence electrons. The summed E-state index contributed by atoms with van der Waals surface area (Å²) in [5.41, 5.74) is 5.51. The molecule has 0 radical (unpaired) electrons. The van der Waals surface area contributed by atoms with Crippen LogP contribution in [0.4, 0.5) is 0 Å². The van der Waals surface area contributed by atoms with Gasteiger partial charge >= 0.3 is 5.97 Å². The van der Waals surface area contributed by atoms with E-state index in [4.69, 9.17) is 4.74 Å². The number of carbonyl (C=O) groups excluding carboxylic acids is 1. The smallest absolute Gasteiger partial charge is 0.352 e. The van der Waals surface area contributed by atoms with E-state index in [0.717, 1.165) is 36.1 Å². The standard InChI is InChI=1S/C26H25NO5/c1-13(28)20-23-17-9-5-11-19(22(17)24(26(30)31)27(23)25(20)29)32-18-10-4-7-15-12-14-6-2-3-8-16(14)21(15)18/h2-4,6-8,10,13,17,19-20,23,28H,5,9,11-12H2,1H3,(H,30,31). The number of carbonyl (C=O) groups is 2. The number of hydrogen-bond acceptors (Lipinski definition) is 4. The first-order valence-electron chi connectivity index (χ1n) is 11.3. The molecule has 2 N–H and O–H groups in total. The largest absolute Gasteiger partial charge is 0.485 e. The molecule has 1 amide bonds. The van der Waals surface area contributed by atoms with E-state index in [1.807, 2.05) is 24.3 Å². The van der Waals surface area contributed by atoms with Gasteiger partial charge in [0.05, 0.1) is 18.1 Å². The highest BCUT2D eigenvalue weighted by molar-refractivity contribution is 6.00. The van der Waals surface area contributed by atoms with Crippen LogP contribution in [-0.4, -0.2) is 45.2 Å². The molecule has 2 aliphatic carbocycles. The number of carboxylic acid groups (broad SMARTS) is 1. The average molecular weight is 431 g/mol. The monoisotopic (exact) mass is 431 g/mol. The molecule has 2 fully saturated rings. The molecule has 0 spiro atoms. The summed E-state index contributed by atoms with van der Waals surface area (Å²) in [5.74, 6) is -1.25. The Labute approximate surface area is 186 Å². The molecule has 6 nitrogen and oxygen atoms in total. The number of fused-ring (bicyclic) bond motifs is 6. The molecule has 4 aliphatic rings. The third kappa shape index (κ3) is 2.56. The number of ether oxygens (including phenoxy) is 1. The predicted molar refractivity (Wildman–Crippen MR) is 117 cm³/mol. The van der Waals surface area contributed by atoms with Gasteiger partial charge in [-0.25, -0.2) is 4.79 Å². The summed E-state index contributed by atoms with van der Waals surface area (Å²) in [6.45, 7) is 1.61. The molecular weight excluding hydrogens is 406 g/mol. The third-order valence-corrected chi connectivity index (χ3v) is 7.61. The molecule has 0 bridgehead atoms. The second kappa shape index (κ2) is 6.94. The van der Waals surface area contributed by atoms with Gasteiger partial charge in [-0.15, -0.1) is 0 Å². The highest BCUT2D eigenvalue weighted by Crippen LogP contribution is 2.53. The van der Waals surface area contributed by atoms with E-state index in [2.05, 4.69) is 18.2 Å². The fourth-order valence-corrected chi connectivity index (χ4v) is 6.36. The highest BCUT2D eigenvalue weighted by atomic mass is 16.5. The molecule has 1 saturated heterocycles. The fraction of sp³-hybridized carbons (Fsp3) is 0.385. The normalized spacial score (nSPS) is 28.4. The van der Waals surface area contributed by atoms with Gasteiger partial charge in [-0.2, -0.15) is 0 Å². The van der Waals surface area contributed by atoms with Crippen LogP contribution in [0.15, 0.2) is 53.7 Å². The minimum Gasteiger partial charge on any atom is -0.485 e. The Kier molecular flexibility index (Phi) is 4.24. The van der Waals surface area contributed by atoms with E-state index in [0.29, 0.717) is 12.0 Å². The maximum Gasteiger partial charge on any atom is 0.352 e. The van der Waals surface area contributed by atoms with Gasteiger partial charge in [-0.3, -0.25) is 4.79 Å². The molecule has 2 heterocycles. The van der Waals surface area contributed by atoms with Crippen molar-refractivity contribution in [2.45, 2.75) is 50.9 Å². The van der Waals surface area contributed by atoms with Crippen molar-refractivity contribution in [1.82, 2.24) is 4.90 Å². The van der Waals surface area contributed by atoms with Crippen molar-refractivity contribution in [2.24, 2.45) is 11.8 Å². The zero-order valence-corrected chi connectivity index (χ0v) is 17.8. The van der Waals surface area contributed by atoms with E-state index in [9.17, 15) is 19.8 Å². The van der Waals surface area contributed by atoms with Crippen LogP contribution in [0.25, 0.3) is 11.1 Å². The number of benzene rings is 2. The van der Waals surface area contributed by atoms with E-state index >= 15 is 0 Å². The lowest BCUT2D eigenvalue weighted by molar-refractivity contribution is -0.163. The molecule has 5 atom stereocenters. The number of aliphatic carboxylic acids is 1. The molecule has 2 aromatic carbocycles. The summed E-state index contributed by atoms with van der Waals surface area (Å²) < 4.78 is 6.58. The molecule has 2 aromatic rings. The number of aliphatic hydroxyl groups excluding tert-OH is 1. The Balaban J connectivity index is 1.41. The third-order valence-electron chi connectivity index (χ3n) is 7.61. The predicted octanol–water partition coefficient (Wildman–Crippen LogP) is 3.37. The molecule has 6 rings (SSSR count). The zero-order chi connectivity index (χ0) is 22.1. The van der Waals surface area contributed by atoms with Crippen LogP contribution in [0.3, 0.4) is 0 Å². The van der Waals surface area contributed by atoms with E-state index < -0.39 is 24.1 Å². The number of carboxylic acids is 1. The molecule has 0 aromatic heterocycles. The Hall–Kier alpha value is -3.12. The number of aliphatic hydroxyl groups is 1. The van der Waals surface area contributed by atoms with Crippen LogP contribution in [0.5, 0.6) is 5.75 Å². The van der Waals surface area contributed by atoms with Crippen molar-refractivity contribution >= 4 is 11.9 Å². The number of nitrogens with zero attached hydrogens (tertiary/aromatic N) is 1. The quantitative estimate of drug-likeness (QED) is 0.619. The minimum absolute atomic E-state index is 0.0691. The van der Waals surface area contributed by atoms with Crippen molar-refractivity contribution in [1.29, 1.82) is 0 Å².